The monoisotopic (exact) mass is 349 g/mol. The molecule has 130 valence electrons. The maximum Gasteiger partial charge on any atom is 0.416 e. The summed E-state index contributed by atoms with van der Waals surface area (Å²) in [7, 11) is 1.54. The van der Waals surface area contributed by atoms with Crippen molar-refractivity contribution in [2.75, 3.05) is 12.4 Å². The van der Waals surface area contributed by atoms with Crippen molar-refractivity contribution in [2.24, 2.45) is 0 Å². The molecular weight excluding hydrogens is 335 g/mol. The van der Waals surface area contributed by atoms with Crippen molar-refractivity contribution in [1.82, 2.24) is 0 Å². The summed E-state index contributed by atoms with van der Waals surface area (Å²) >= 11 is 0. The van der Waals surface area contributed by atoms with Gasteiger partial charge >= 0.3 is 6.18 Å². The van der Waals surface area contributed by atoms with Crippen LogP contribution < -0.4 is 10.1 Å². The van der Waals surface area contributed by atoms with Gasteiger partial charge in [0.25, 0.3) is 0 Å². The van der Waals surface area contributed by atoms with Crippen LogP contribution in [-0.4, -0.2) is 13.0 Å². The number of alkyl halides is 3. The van der Waals surface area contributed by atoms with Crippen molar-refractivity contribution in [2.45, 2.75) is 12.6 Å². The Hall–Kier alpha value is -2.96. The molecule has 2 aromatic carbocycles. The molecule has 0 aliphatic heterocycles. The van der Waals surface area contributed by atoms with Gasteiger partial charge in [0.2, 0.25) is 5.91 Å². The lowest BCUT2D eigenvalue weighted by molar-refractivity contribution is -0.137. The van der Waals surface area contributed by atoms with Gasteiger partial charge in [0, 0.05) is 22.7 Å². The lowest BCUT2D eigenvalue weighted by Crippen LogP contribution is -2.15. The van der Waals surface area contributed by atoms with Crippen LogP contribution in [0.3, 0.4) is 0 Å². The average Bonchev–Trinajstić information content (AvgIpc) is 2.96. The van der Waals surface area contributed by atoms with Crippen LogP contribution in [0.5, 0.6) is 5.75 Å². The number of fused-ring (bicyclic) bond motifs is 1. The third kappa shape index (κ3) is 3.76. The number of carbonyl (C=O) groups is 1. The summed E-state index contributed by atoms with van der Waals surface area (Å²) in [5.41, 5.74) is 0.490. The lowest BCUT2D eigenvalue weighted by Gasteiger charge is -2.09. The second kappa shape index (κ2) is 6.51. The summed E-state index contributed by atoms with van der Waals surface area (Å²) in [5.74, 6) is 0.194. The molecule has 1 N–H and O–H groups in total. The Labute approximate surface area is 141 Å². The van der Waals surface area contributed by atoms with E-state index in [0.29, 0.717) is 16.9 Å². The normalized spacial score (nSPS) is 11.5. The predicted octanol–water partition coefficient (Wildman–Crippen LogP) is 4.64. The molecule has 25 heavy (non-hydrogen) atoms. The van der Waals surface area contributed by atoms with E-state index in [1.807, 2.05) is 0 Å². The van der Waals surface area contributed by atoms with E-state index in [4.69, 9.17) is 9.15 Å². The molecule has 4 nitrogen and oxygen atoms in total. The molecule has 1 heterocycles. The van der Waals surface area contributed by atoms with Gasteiger partial charge in [-0.1, -0.05) is 6.07 Å². The maximum atomic E-state index is 12.7. The zero-order chi connectivity index (χ0) is 18.0. The highest BCUT2D eigenvalue weighted by molar-refractivity contribution is 5.95. The zero-order valence-electron chi connectivity index (χ0n) is 13.2. The van der Waals surface area contributed by atoms with Gasteiger partial charge < -0.3 is 14.5 Å². The second-order valence-electron chi connectivity index (χ2n) is 5.43. The summed E-state index contributed by atoms with van der Waals surface area (Å²) in [4.78, 5) is 12.1. The standard InChI is InChI=1S/C18H14F3NO3/c1-24-14-5-6-15-11(10-25-16(15)9-14)7-17(23)22-13-4-2-3-12(8-13)18(19,20)21/h2-6,8-10H,7H2,1H3,(H,22,23). The number of hydrogen-bond acceptors (Lipinski definition) is 3. The third-order valence-corrected chi connectivity index (χ3v) is 3.69. The van der Waals surface area contributed by atoms with E-state index >= 15 is 0 Å². The fourth-order valence-electron chi connectivity index (χ4n) is 2.48. The van der Waals surface area contributed by atoms with Crippen LogP contribution in [0.1, 0.15) is 11.1 Å². The average molecular weight is 349 g/mol. The quantitative estimate of drug-likeness (QED) is 0.746. The fraction of sp³-hybridized carbons (Fsp3) is 0.167. The number of hydrogen-bond donors (Lipinski definition) is 1. The van der Waals surface area contributed by atoms with Gasteiger partial charge in [-0.3, -0.25) is 4.79 Å². The summed E-state index contributed by atoms with van der Waals surface area (Å²) in [6, 6.07) is 9.71. The van der Waals surface area contributed by atoms with Gasteiger partial charge in [-0.05, 0) is 30.3 Å². The van der Waals surface area contributed by atoms with Crippen LogP contribution in [0.2, 0.25) is 0 Å². The molecule has 0 spiro atoms. The van der Waals surface area contributed by atoms with Crippen LogP contribution in [0.4, 0.5) is 18.9 Å². The maximum absolute atomic E-state index is 12.7. The number of methoxy groups -OCH3 is 1. The van der Waals surface area contributed by atoms with Crippen LogP contribution in [0, 0.1) is 0 Å². The SMILES string of the molecule is COc1ccc2c(CC(=O)Nc3cccc(C(F)(F)F)c3)coc2c1. The molecule has 0 aliphatic rings. The molecule has 3 rings (SSSR count). The summed E-state index contributed by atoms with van der Waals surface area (Å²) in [5, 5.41) is 3.22. The Morgan fingerprint density at radius 2 is 2.00 bits per heavy atom. The Morgan fingerprint density at radius 3 is 2.72 bits per heavy atom. The highest BCUT2D eigenvalue weighted by Crippen LogP contribution is 2.31. The third-order valence-electron chi connectivity index (χ3n) is 3.69. The molecule has 7 heteroatoms. The van der Waals surface area contributed by atoms with Gasteiger partial charge in [0.05, 0.1) is 25.4 Å². The molecule has 0 fully saturated rings. The topological polar surface area (TPSA) is 51.5 Å². The van der Waals surface area contributed by atoms with Gasteiger partial charge in [-0.2, -0.15) is 13.2 Å². The number of furan rings is 1. The van der Waals surface area contributed by atoms with Crippen LogP contribution in [-0.2, 0) is 17.4 Å². The molecule has 0 bridgehead atoms. The largest absolute Gasteiger partial charge is 0.497 e. The van der Waals surface area contributed by atoms with Gasteiger partial charge in [0.15, 0.2) is 0 Å². The van der Waals surface area contributed by atoms with Crippen molar-refractivity contribution in [3.8, 4) is 5.75 Å². The number of anilines is 1. The molecule has 0 aliphatic carbocycles. The lowest BCUT2D eigenvalue weighted by atomic mass is 10.1. The first-order valence-corrected chi connectivity index (χ1v) is 7.38. The number of nitrogens with one attached hydrogen (secondary N) is 1. The molecule has 0 saturated heterocycles. The number of ether oxygens (including phenoxy) is 1. The Bertz CT molecular complexity index is 915. The van der Waals surface area contributed by atoms with Gasteiger partial charge in [-0.15, -0.1) is 0 Å². The molecule has 1 aromatic heterocycles. The van der Waals surface area contributed by atoms with Crippen molar-refractivity contribution >= 4 is 22.6 Å². The minimum atomic E-state index is -4.46. The smallest absolute Gasteiger partial charge is 0.416 e. The minimum Gasteiger partial charge on any atom is -0.497 e. The number of rotatable bonds is 4. The van der Waals surface area contributed by atoms with Gasteiger partial charge in [-0.25, -0.2) is 0 Å². The molecule has 0 radical (unpaired) electrons. The fourth-order valence-corrected chi connectivity index (χ4v) is 2.48. The Balaban J connectivity index is 1.75. The number of carbonyl (C=O) groups excluding carboxylic acids is 1. The molecule has 1 amide bonds. The van der Waals surface area contributed by atoms with Crippen molar-refractivity contribution in [3.05, 3.63) is 59.9 Å². The van der Waals surface area contributed by atoms with E-state index in [0.717, 1.165) is 17.5 Å². The van der Waals surface area contributed by atoms with Crippen molar-refractivity contribution < 1.29 is 27.1 Å². The predicted molar refractivity (Wildman–Crippen MR) is 86.5 cm³/mol. The van der Waals surface area contributed by atoms with Crippen molar-refractivity contribution in [1.29, 1.82) is 0 Å². The summed E-state index contributed by atoms with van der Waals surface area (Å²) in [6.07, 6.45) is -3.02. The van der Waals surface area contributed by atoms with E-state index in [1.54, 1.807) is 18.2 Å². The van der Waals surface area contributed by atoms with E-state index in [9.17, 15) is 18.0 Å². The van der Waals surface area contributed by atoms with Crippen LogP contribution in [0.25, 0.3) is 11.0 Å². The van der Waals surface area contributed by atoms with E-state index < -0.39 is 17.6 Å². The molecule has 0 saturated carbocycles. The van der Waals surface area contributed by atoms with Crippen molar-refractivity contribution in [3.63, 3.8) is 0 Å². The second-order valence-corrected chi connectivity index (χ2v) is 5.43. The minimum absolute atomic E-state index is 0.0183. The highest BCUT2D eigenvalue weighted by Gasteiger charge is 2.30. The van der Waals surface area contributed by atoms with Crippen LogP contribution in [0.15, 0.2) is 53.1 Å². The summed E-state index contributed by atoms with van der Waals surface area (Å²) < 4.78 is 48.6. The number of halogens is 3. The molecule has 0 unspecified atom stereocenters. The zero-order valence-corrected chi connectivity index (χ0v) is 13.2. The first-order valence-electron chi connectivity index (χ1n) is 7.38. The first-order chi connectivity index (χ1) is 11.9. The Morgan fingerprint density at radius 1 is 1.20 bits per heavy atom. The molecular formula is C18H14F3NO3. The molecule has 0 atom stereocenters. The number of benzene rings is 2. The van der Waals surface area contributed by atoms with Crippen LogP contribution >= 0.6 is 0 Å². The summed E-state index contributed by atoms with van der Waals surface area (Å²) in [6.45, 7) is 0. The molecule has 3 aromatic rings. The Kier molecular flexibility index (Phi) is 4.39. The van der Waals surface area contributed by atoms with Gasteiger partial charge in [0.1, 0.15) is 11.3 Å². The highest BCUT2D eigenvalue weighted by atomic mass is 19.4. The van der Waals surface area contributed by atoms with E-state index in [2.05, 4.69) is 5.32 Å². The first kappa shape index (κ1) is 16.9. The van der Waals surface area contributed by atoms with E-state index in [1.165, 1.54) is 25.5 Å². The number of amides is 1. The van der Waals surface area contributed by atoms with E-state index in [-0.39, 0.29) is 12.1 Å².